The van der Waals surface area contributed by atoms with Gasteiger partial charge in [0.15, 0.2) is 0 Å². The summed E-state index contributed by atoms with van der Waals surface area (Å²) in [6.45, 7) is 1.11. The summed E-state index contributed by atoms with van der Waals surface area (Å²) in [5, 5.41) is 1.35. The zero-order chi connectivity index (χ0) is 10.7. The Balaban J connectivity index is 4.19. The van der Waals surface area contributed by atoms with Crippen molar-refractivity contribution >= 4 is 5.91 Å². The van der Waals surface area contributed by atoms with E-state index < -0.39 is 24.6 Å². The minimum absolute atomic E-state index is 0.604. The highest BCUT2D eigenvalue weighted by Crippen LogP contribution is 2.34. The maximum Gasteiger partial charge on any atom is 0.455 e. The van der Waals surface area contributed by atoms with Crippen LogP contribution in [0.3, 0.4) is 0 Å². The molecule has 0 bridgehead atoms. The predicted octanol–water partition coefficient (Wildman–Crippen LogP) is 1.49. The van der Waals surface area contributed by atoms with Crippen LogP contribution in [0.25, 0.3) is 0 Å². The topological polar surface area (TPSA) is 29.1 Å². The molecule has 0 aliphatic heterocycles. The quantitative estimate of drug-likeness (QED) is 0.546. The number of carbonyl (C=O) groups excluding carboxylic acids is 1. The number of carbonyl (C=O) groups is 1. The van der Waals surface area contributed by atoms with E-state index in [1.54, 1.807) is 0 Å². The second-order valence-corrected chi connectivity index (χ2v) is 2.12. The monoisotopic (exact) mass is 203 g/mol. The van der Waals surface area contributed by atoms with Gasteiger partial charge >= 0.3 is 12.1 Å². The van der Waals surface area contributed by atoms with Crippen LogP contribution in [0.2, 0.25) is 0 Å². The largest absolute Gasteiger partial charge is 0.455 e. The number of alkyl halides is 5. The molecule has 0 aromatic rings. The minimum Gasteiger partial charge on any atom is -0.346 e. The molecule has 13 heavy (non-hydrogen) atoms. The molecule has 0 aromatic carbocycles. The Morgan fingerprint density at radius 3 is 2.08 bits per heavy atom. The summed E-state index contributed by atoms with van der Waals surface area (Å²) in [7, 11) is 0. The van der Waals surface area contributed by atoms with Gasteiger partial charge < -0.3 is 5.32 Å². The lowest BCUT2D eigenvalue weighted by atomic mass is 10.3. The van der Waals surface area contributed by atoms with Gasteiger partial charge in [-0.05, 0) is 6.08 Å². The van der Waals surface area contributed by atoms with Crippen LogP contribution in [-0.4, -0.2) is 24.6 Å². The van der Waals surface area contributed by atoms with E-state index in [-0.39, 0.29) is 0 Å². The first kappa shape index (κ1) is 11.9. The molecule has 0 saturated heterocycles. The number of rotatable bonds is 3. The molecule has 2 nitrogen and oxygen atoms in total. The molecule has 0 aromatic heterocycles. The van der Waals surface area contributed by atoms with Crippen LogP contribution in [0.4, 0.5) is 22.0 Å². The van der Waals surface area contributed by atoms with Crippen LogP contribution in [-0.2, 0) is 4.79 Å². The highest BCUT2D eigenvalue weighted by molar-refractivity contribution is 5.86. The molecule has 0 fully saturated rings. The molecule has 0 rings (SSSR count). The number of halogens is 5. The van der Waals surface area contributed by atoms with Gasteiger partial charge in [0, 0.05) is 0 Å². The molecular weight excluding hydrogens is 197 g/mol. The Kier molecular flexibility index (Phi) is 3.39. The molecule has 0 aliphatic rings. The van der Waals surface area contributed by atoms with E-state index in [0.29, 0.717) is 6.08 Å². The van der Waals surface area contributed by atoms with Gasteiger partial charge in [-0.15, -0.1) is 0 Å². The summed E-state index contributed by atoms with van der Waals surface area (Å²) in [6, 6.07) is 0. The van der Waals surface area contributed by atoms with E-state index in [4.69, 9.17) is 0 Å². The summed E-state index contributed by atoms with van der Waals surface area (Å²) in [4.78, 5) is 10.3. The van der Waals surface area contributed by atoms with Crippen LogP contribution in [0.1, 0.15) is 0 Å². The number of amides is 1. The zero-order valence-corrected chi connectivity index (χ0v) is 6.29. The zero-order valence-electron chi connectivity index (χ0n) is 6.29. The van der Waals surface area contributed by atoms with E-state index in [0.717, 1.165) is 0 Å². The third-order valence-corrected chi connectivity index (χ3v) is 1.08. The van der Waals surface area contributed by atoms with Gasteiger partial charge in [0.05, 0.1) is 6.54 Å². The van der Waals surface area contributed by atoms with E-state index in [1.165, 1.54) is 5.32 Å². The molecule has 0 aliphatic carbocycles. The van der Waals surface area contributed by atoms with Gasteiger partial charge in [-0.25, -0.2) is 0 Å². The number of hydrogen-bond acceptors (Lipinski definition) is 1. The Bertz CT molecular complexity index is 210. The normalized spacial score (nSPS) is 12.4. The SMILES string of the molecule is C=CC(=O)NCC(F)(F)C(F)(F)F. The second kappa shape index (κ2) is 3.71. The van der Waals surface area contributed by atoms with Gasteiger partial charge in [0.1, 0.15) is 0 Å². The molecule has 1 amide bonds. The fourth-order valence-electron chi connectivity index (χ4n) is 0.371. The van der Waals surface area contributed by atoms with Gasteiger partial charge in [0.2, 0.25) is 5.91 Å². The predicted molar refractivity (Wildman–Crippen MR) is 34.2 cm³/mol. The molecule has 0 radical (unpaired) electrons. The van der Waals surface area contributed by atoms with Crippen LogP contribution in [0.15, 0.2) is 12.7 Å². The van der Waals surface area contributed by atoms with Crippen LogP contribution in [0.5, 0.6) is 0 Å². The fourth-order valence-corrected chi connectivity index (χ4v) is 0.371. The second-order valence-electron chi connectivity index (χ2n) is 2.12. The van der Waals surface area contributed by atoms with Crippen molar-refractivity contribution in [1.29, 1.82) is 0 Å². The van der Waals surface area contributed by atoms with Crippen LogP contribution < -0.4 is 5.32 Å². The Morgan fingerprint density at radius 2 is 1.77 bits per heavy atom. The third kappa shape index (κ3) is 3.39. The smallest absolute Gasteiger partial charge is 0.346 e. The van der Waals surface area contributed by atoms with E-state index >= 15 is 0 Å². The standard InChI is InChI=1S/C6H6F5NO/c1-2-4(13)12-3-5(7,8)6(9,10)11/h2H,1,3H2,(H,12,13). The summed E-state index contributed by atoms with van der Waals surface area (Å²) >= 11 is 0. The molecule has 1 N–H and O–H groups in total. The average molecular weight is 203 g/mol. The average Bonchev–Trinajstić information content (AvgIpc) is 1.98. The van der Waals surface area contributed by atoms with Crippen molar-refractivity contribution < 1.29 is 26.7 Å². The Morgan fingerprint density at radius 1 is 1.31 bits per heavy atom. The van der Waals surface area contributed by atoms with E-state index in [9.17, 15) is 26.7 Å². The van der Waals surface area contributed by atoms with Crippen LogP contribution >= 0.6 is 0 Å². The first-order chi connectivity index (χ1) is 5.70. The van der Waals surface area contributed by atoms with Crippen molar-refractivity contribution in [2.24, 2.45) is 0 Å². The lowest BCUT2D eigenvalue weighted by molar-refractivity contribution is -0.278. The molecule has 0 spiro atoms. The van der Waals surface area contributed by atoms with Crippen molar-refractivity contribution in [2.75, 3.05) is 6.54 Å². The summed E-state index contributed by atoms with van der Waals surface area (Å²) in [5.41, 5.74) is 0. The van der Waals surface area contributed by atoms with Crippen molar-refractivity contribution in [3.63, 3.8) is 0 Å². The van der Waals surface area contributed by atoms with Gasteiger partial charge in [-0.3, -0.25) is 4.79 Å². The van der Waals surface area contributed by atoms with Crippen molar-refractivity contribution in [2.45, 2.75) is 12.1 Å². The highest BCUT2D eigenvalue weighted by atomic mass is 19.4. The molecule has 7 heteroatoms. The molecule has 0 unspecified atom stereocenters. The summed E-state index contributed by atoms with van der Waals surface area (Å²) < 4.78 is 58.5. The highest BCUT2D eigenvalue weighted by Gasteiger charge is 2.57. The lowest BCUT2D eigenvalue weighted by Gasteiger charge is -2.19. The van der Waals surface area contributed by atoms with Crippen molar-refractivity contribution in [3.8, 4) is 0 Å². The molecule has 0 saturated carbocycles. The van der Waals surface area contributed by atoms with E-state index in [1.807, 2.05) is 0 Å². The van der Waals surface area contributed by atoms with Gasteiger partial charge in [-0.1, -0.05) is 6.58 Å². The fraction of sp³-hybridized carbons (Fsp3) is 0.500. The van der Waals surface area contributed by atoms with E-state index in [2.05, 4.69) is 6.58 Å². The maximum atomic E-state index is 12.1. The van der Waals surface area contributed by atoms with Crippen molar-refractivity contribution in [1.82, 2.24) is 5.32 Å². The van der Waals surface area contributed by atoms with Gasteiger partial charge in [-0.2, -0.15) is 22.0 Å². The van der Waals surface area contributed by atoms with Gasteiger partial charge in [0.25, 0.3) is 0 Å². The third-order valence-electron chi connectivity index (χ3n) is 1.08. The number of nitrogens with one attached hydrogen (secondary N) is 1. The number of hydrogen-bond donors (Lipinski definition) is 1. The molecule has 76 valence electrons. The molecule has 0 heterocycles. The van der Waals surface area contributed by atoms with Crippen LogP contribution in [0, 0.1) is 0 Å². The summed E-state index contributed by atoms with van der Waals surface area (Å²) in [5.74, 6) is -5.99. The molecular formula is C6H6F5NO. The maximum absolute atomic E-state index is 12.1. The summed E-state index contributed by atoms with van der Waals surface area (Å²) in [6.07, 6.45) is -5.05. The Labute approximate surface area is 70.4 Å². The minimum atomic E-state index is -5.65. The lowest BCUT2D eigenvalue weighted by Crippen LogP contribution is -2.46. The Hall–Kier alpha value is -1.14. The van der Waals surface area contributed by atoms with Crippen molar-refractivity contribution in [3.05, 3.63) is 12.7 Å². The molecule has 0 atom stereocenters. The first-order valence-corrected chi connectivity index (χ1v) is 3.05. The first-order valence-electron chi connectivity index (χ1n) is 3.05.